The molecule has 0 radical (unpaired) electrons. The first-order valence-corrected chi connectivity index (χ1v) is 7.52. The molecule has 16 heavy (non-hydrogen) atoms. The maximum atomic E-state index is 5.86. The van der Waals surface area contributed by atoms with Crippen molar-refractivity contribution in [3.8, 4) is 0 Å². The Balaban J connectivity index is 2.69. The van der Waals surface area contributed by atoms with Crippen molar-refractivity contribution in [3.05, 3.63) is 34.3 Å². The monoisotopic (exact) mass is 302 g/mol. The number of hydrogen-bond donors (Lipinski definition) is 1. The van der Waals surface area contributed by atoms with E-state index in [1.165, 1.54) is 5.56 Å². The molecule has 0 spiro atoms. The first-order valence-electron chi connectivity index (χ1n) is 5.33. The Kier molecular flexibility index (Phi) is 6.43. The molecule has 1 aromatic rings. The number of halogens is 1. The number of hydrogen-bond acceptors (Lipinski definition) is 3. The Bertz CT molecular complexity index is 302. The Morgan fingerprint density at radius 1 is 1.38 bits per heavy atom. The Labute approximate surface area is 111 Å². The zero-order chi connectivity index (χ0) is 12.0. The summed E-state index contributed by atoms with van der Waals surface area (Å²) in [5.41, 5.74) is 7.14. The van der Waals surface area contributed by atoms with Gasteiger partial charge in [0.05, 0.1) is 0 Å². The summed E-state index contributed by atoms with van der Waals surface area (Å²) < 4.78 is 1.11. The van der Waals surface area contributed by atoms with E-state index < -0.39 is 0 Å². The van der Waals surface area contributed by atoms with E-state index in [-0.39, 0.29) is 0 Å². The molecule has 1 atom stereocenters. The Morgan fingerprint density at radius 2 is 2.00 bits per heavy atom. The van der Waals surface area contributed by atoms with Gasteiger partial charge in [0.2, 0.25) is 0 Å². The molecule has 0 aromatic heterocycles. The smallest absolute Gasteiger partial charge is 0.0467 e. The maximum Gasteiger partial charge on any atom is 0.0467 e. The van der Waals surface area contributed by atoms with E-state index in [1.807, 2.05) is 11.8 Å². The SMILES string of the molecule is CSCCN(C)C(CN)c1ccc(Br)cc1. The highest BCUT2D eigenvalue weighted by Crippen LogP contribution is 2.20. The minimum atomic E-state index is 0.320. The first kappa shape index (κ1) is 14.0. The van der Waals surface area contributed by atoms with E-state index in [4.69, 9.17) is 5.73 Å². The number of benzene rings is 1. The molecule has 0 fully saturated rings. The predicted molar refractivity (Wildman–Crippen MR) is 76.9 cm³/mol. The van der Waals surface area contributed by atoms with E-state index in [1.54, 1.807) is 0 Å². The predicted octanol–water partition coefficient (Wildman–Crippen LogP) is 2.74. The van der Waals surface area contributed by atoms with Crippen LogP contribution in [0.2, 0.25) is 0 Å². The van der Waals surface area contributed by atoms with Crippen LogP contribution in [0.3, 0.4) is 0 Å². The fourth-order valence-electron chi connectivity index (χ4n) is 1.65. The molecule has 0 saturated carbocycles. The van der Waals surface area contributed by atoms with Crippen LogP contribution in [0.15, 0.2) is 28.7 Å². The molecule has 90 valence electrons. The maximum absolute atomic E-state index is 5.86. The zero-order valence-electron chi connectivity index (χ0n) is 9.82. The van der Waals surface area contributed by atoms with Gasteiger partial charge in [-0.05, 0) is 31.0 Å². The minimum absolute atomic E-state index is 0.320. The van der Waals surface area contributed by atoms with Gasteiger partial charge in [0.15, 0.2) is 0 Å². The standard InChI is InChI=1S/C12H19BrN2S/c1-15(7-8-16-2)12(9-14)10-3-5-11(13)6-4-10/h3-6,12H,7-9,14H2,1-2H3. The van der Waals surface area contributed by atoms with Gasteiger partial charge in [-0.2, -0.15) is 11.8 Å². The van der Waals surface area contributed by atoms with Crippen molar-refractivity contribution >= 4 is 27.7 Å². The molecule has 2 nitrogen and oxygen atoms in total. The van der Waals surface area contributed by atoms with Crippen molar-refractivity contribution in [2.24, 2.45) is 5.73 Å². The van der Waals surface area contributed by atoms with E-state index in [0.29, 0.717) is 12.6 Å². The van der Waals surface area contributed by atoms with Gasteiger partial charge >= 0.3 is 0 Å². The van der Waals surface area contributed by atoms with Crippen LogP contribution in [0, 0.1) is 0 Å². The highest BCUT2D eigenvalue weighted by atomic mass is 79.9. The second-order valence-electron chi connectivity index (χ2n) is 3.78. The zero-order valence-corrected chi connectivity index (χ0v) is 12.2. The van der Waals surface area contributed by atoms with E-state index >= 15 is 0 Å². The van der Waals surface area contributed by atoms with Gasteiger partial charge in [0, 0.05) is 29.4 Å². The quantitative estimate of drug-likeness (QED) is 0.876. The molecule has 2 N–H and O–H groups in total. The van der Waals surface area contributed by atoms with Crippen LogP contribution < -0.4 is 5.73 Å². The van der Waals surface area contributed by atoms with Gasteiger partial charge in [0.1, 0.15) is 0 Å². The molecule has 0 amide bonds. The van der Waals surface area contributed by atoms with Crippen molar-refractivity contribution in [3.63, 3.8) is 0 Å². The van der Waals surface area contributed by atoms with Crippen molar-refractivity contribution in [2.45, 2.75) is 6.04 Å². The average molecular weight is 303 g/mol. The first-order chi connectivity index (χ1) is 7.69. The summed E-state index contributed by atoms with van der Waals surface area (Å²) in [6, 6.07) is 8.73. The van der Waals surface area contributed by atoms with Gasteiger partial charge in [-0.1, -0.05) is 28.1 Å². The summed E-state index contributed by atoms with van der Waals surface area (Å²) in [7, 11) is 2.13. The summed E-state index contributed by atoms with van der Waals surface area (Å²) in [5, 5.41) is 0. The minimum Gasteiger partial charge on any atom is -0.329 e. The molecule has 1 rings (SSSR count). The van der Waals surface area contributed by atoms with Crippen LogP contribution in [0.25, 0.3) is 0 Å². The van der Waals surface area contributed by atoms with Crippen molar-refractivity contribution in [1.29, 1.82) is 0 Å². The van der Waals surface area contributed by atoms with Gasteiger partial charge in [-0.25, -0.2) is 0 Å². The lowest BCUT2D eigenvalue weighted by Crippen LogP contribution is -2.32. The van der Waals surface area contributed by atoms with Gasteiger partial charge in [0.25, 0.3) is 0 Å². The molecule has 1 unspecified atom stereocenters. The second kappa shape index (κ2) is 7.33. The van der Waals surface area contributed by atoms with Crippen LogP contribution >= 0.6 is 27.7 Å². The number of thioether (sulfide) groups is 1. The fourth-order valence-corrected chi connectivity index (χ4v) is 2.38. The summed E-state index contributed by atoms with van der Waals surface area (Å²) in [6.45, 7) is 1.73. The molecule has 0 bridgehead atoms. The third-order valence-electron chi connectivity index (χ3n) is 2.66. The summed E-state index contributed by atoms with van der Waals surface area (Å²) in [4.78, 5) is 2.32. The van der Waals surface area contributed by atoms with Gasteiger partial charge in [-0.15, -0.1) is 0 Å². The highest BCUT2D eigenvalue weighted by Gasteiger charge is 2.14. The normalized spacial score (nSPS) is 13.1. The summed E-state index contributed by atoms with van der Waals surface area (Å²) >= 11 is 5.31. The van der Waals surface area contributed by atoms with Crippen LogP contribution in [0.1, 0.15) is 11.6 Å². The molecule has 4 heteroatoms. The lowest BCUT2D eigenvalue weighted by molar-refractivity contribution is 0.265. The molecule has 0 saturated heterocycles. The molecule has 1 aromatic carbocycles. The Morgan fingerprint density at radius 3 is 2.50 bits per heavy atom. The van der Waals surface area contributed by atoms with Crippen LogP contribution in [0.5, 0.6) is 0 Å². The second-order valence-corrected chi connectivity index (χ2v) is 5.68. The van der Waals surface area contributed by atoms with Crippen LogP contribution in [-0.4, -0.2) is 37.0 Å². The van der Waals surface area contributed by atoms with Crippen molar-refractivity contribution in [2.75, 3.05) is 32.1 Å². The Hall–Kier alpha value is -0.0300. The molecule has 0 aliphatic heterocycles. The molecule has 0 aliphatic carbocycles. The average Bonchev–Trinajstić information content (AvgIpc) is 2.30. The van der Waals surface area contributed by atoms with Gasteiger partial charge < -0.3 is 5.73 Å². The third kappa shape index (κ3) is 4.09. The molecule has 0 heterocycles. The van der Waals surface area contributed by atoms with E-state index in [0.717, 1.165) is 16.8 Å². The number of nitrogens with two attached hydrogens (primary N) is 1. The highest BCUT2D eigenvalue weighted by molar-refractivity contribution is 9.10. The lowest BCUT2D eigenvalue weighted by Gasteiger charge is -2.27. The third-order valence-corrected chi connectivity index (χ3v) is 3.78. The molecular weight excluding hydrogens is 284 g/mol. The van der Waals surface area contributed by atoms with Gasteiger partial charge in [-0.3, -0.25) is 4.90 Å². The summed E-state index contributed by atoms with van der Waals surface area (Å²) in [6.07, 6.45) is 2.13. The number of rotatable bonds is 6. The van der Waals surface area contributed by atoms with Crippen molar-refractivity contribution in [1.82, 2.24) is 4.90 Å². The lowest BCUT2D eigenvalue weighted by atomic mass is 10.1. The summed E-state index contributed by atoms with van der Waals surface area (Å²) in [5.74, 6) is 1.14. The largest absolute Gasteiger partial charge is 0.329 e. The fraction of sp³-hybridized carbons (Fsp3) is 0.500. The topological polar surface area (TPSA) is 29.3 Å². The molecule has 0 aliphatic rings. The van der Waals surface area contributed by atoms with Crippen LogP contribution in [0.4, 0.5) is 0 Å². The van der Waals surface area contributed by atoms with E-state index in [2.05, 4.69) is 58.4 Å². The van der Waals surface area contributed by atoms with Crippen LogP contribution in [-0.2, 0) is 0 Å². The molecular formula is C12H19BrN2S. The van der Waals surface area contributed by atoms with E-state index in [9.17, 15) is 0 Å². The number of likely N-dealkylation sites (N-methyl/N-ethyl adjacent to an activating group) is 1. The number of nitrogens with zero attached hydrogens (tertiary/aromatic N) is 1. The van der Waals surface area contributed by atoms with Crippen molar-refractivity contribution < 1.29 is 0 Å².